The summed E-state index contributed by atoms with van der Waals surface area (Å²) in [7, 11) is 3.31. The predicted octanol–water partition coefficient (Wildman–Crippen LogP) is 1.80. The lowest BCUT2D eigenvalue weighted by Gasteiger charge is -2.26. The molecule has 1 aromatic rings. The predicted molar refractivity (Wildman–Crippen MR) is 84.1 cm³/mol. The van der Waals surface area contributed by atoms with Crippen LogP contribution in [0.4, 0.5) is 0 Å². The third kappa shape index (κ3) is 3.19. The fourth-order valence-corrected chi connectivity index (χ4v) is 3.06. The molecular formula is C17H24N2O3. The number of carbonyl (C=O) groups excluding carboxylic acids is 1. The molecule has 0 aromatic heterocycles. The molecule has 1 saturated heterocycles. The number of carbonyl (C=O) groups is 1. The highest BCUT2D eigenvalue weighted by molar-refractivity contribution is 5.80. The van der Waals surface area contributed by atoms with Crippen LogP contribution in [0.1, 0.15) is 24.8 Å². The quantitative estimate of drug-likeness (QED) is 0.871. The van der Waals surface area contributed by atoms with Crippen LogP contribution < -0.4 is 14.8 Å². The van der Waals surface area contributed by atoms with Crippen LogP contribution in [-0.4, -0.2) is 44.2 Å². The van der Waals surface area contributed by atoms with E-state index in [2.05, 4.69) is 5.32 Å². The minimum absolute atomic E-state index is 0.122. The SMILES string of the molecule is COc1ccc(OC)c(CN(C(=O)C2CCNC2)C2CC2)c1. The van der Waals surface area contributed by atoms with Crippen molar-refractivity contribution in [1.29, 1.82) is 0 Å². The van der Waals surface area contributed by atoms with Gasteiger partial charge < -0.3 is 19.7 Å². The molecule has 2 aliphatic rings. The topological polar surface area (TPSA) is 50.8 Å². The molecule has 0 bridgehead atoms. The first kappa shape index (κ1) is 15.2. The smallest absolute Gasteiger partial charge is 0.227 e. The van der Waals surface area contributed by atoms with Gasteiger partial charge in [0, 0.05) is 24.7 Å². The van der Waals surface area contributed by atoms with E-state index in [9.17, 15) is 4.79 Å². The summed E-state index contributed by atoms with van der Waals surface area (Å²) in [6.45, 7) is 2.34. The highest BCUT2D eigenvalue weighted by Crippen LogP contribution is 2.33. The summed E-state index contributed by atoms with van der Waals surface area (Å²) < 4.78 is 10.7. The van der Waals surface area contributed by atoms with E-state index in [0.29, 0.717) is 12.6 Å². The molecule has 120 valence electrons. The van der Waals surface area contributed by atoms with Gasteiger partial charge in [0.1, 0.15) is 11.5 Å². The molecule has 1 saturated carbocycles. The highest BCUT2D eigenvalue weighted by Gasteiger charge is 2.37. The summed E-state index contributed by atoms with van der Waals surface area (Å²) in [6.07, 6.45) is 3.16. The van der Waals surface area contributed by atoms with Gasteiger partial charge in [0.2, 0.25) is 5.91 Å². The lowest BCUT2D eigenvalue weighted by Crippen LogP contribution is -2.38. The zero-order valence-electron chi connectivity index (χ0n) is 13.3. The van der Waals surface area contributed by atoms with Crippen molar-refractivity contribution < 1.29 is 14.3 Å². The molecule has 3 rings (SSSR count). The third-order valence-corrected chi connectivity index (χ3v) is 4.51. The van der Waals surface area contributed by atoms with Crippen molar-refractivity contribution in [2.75, 3.05) is 27.3 Å². The molecule has 1 atom stereocenters. The number of hydrogen-bond donors (Lipinski definition) is 1. The fourth-order valence-electron chi connectivity index (χ4n) is 3.06. The van der Waals surface area contributed by atoms with E-state index in [1.54, 1.807) is 14.2 Å². The second kappa shape index (κ2) is 6.57. The maximum atomic E-state index is 12.8. The molecular weight excluding hydrogens is 280 g/mol. The van der Waals surface area contributed by atoms with Crippen molar-refractivity contribution in [2.45, 2.75) is 31.8 Å². The van der Waals surface area contributed by atoms with Crippen molar-refractivity contribution >= 4 is 5.91 Å². The van der Waals surface area contributed by atoms with Crippen molar-refractivity contribution in [3.8, 4) is 11.5 Å². The van der Waals surface area contributed by atoms with E-state index in [1.807, 2.05) is 23.1 Å². The van der Waals surface area contributed by atoms with E-state index >= 15 is 0 Å². The van der Waals surface area contributed by atoms with Crippen LogP contribution in [-0.2, 0) is 11.3 Å². The van der Waals surface area contributed by atoms with Crippen LogP contribution in [0, 0.1) is 5.92 Å². The average molecular weight is 304 g/mol. The van der Waals surface area contributed by atoms with Gasteiger partial charge in [-0.2, -0.15) is 0 Å². The van der Waals surface area contributed by atoms with Crippen LogP contribution in [0.25, 0.3) is 0 Å². The molecule has 0 spiro atoms. The lowest BCUT2D eigenvalue weighted by molar-refractivity contribution is -0.136. The maximum absolute atomic E-state index is 12.8. The van der Waals surface area contributed by atoms with Gasteiger partial charge in [-0.25, -0.2) is 0 Å². The molecule has 1 heterocycles. The van der Waals surface area contributed by atoms with Crippen molar-refractivity contribution in [2.24, 2.45) is 5.92 Å². The molecule has 1 aliphatic heterocycles. The standard InChI is InChI=1S/C17H24N2O3/c1-21-15-5-6-16(22-2)13(9-15)11-19(14-3-4-14)17(20)12-7-8-18-10-12/h5-6,9,12,14,18H,3-4,7-8,10-11H2,1-2H3. The van der Waals surface area contributed by atoms with Gasteiger partial charge in [-0.05, 0) is 44.0 Å². The van der Waals surface area contributed by atoms with Gasteiger partial charge >= 0.3 is 0 Å². The number of benzene rings is 1. The van der Waals surface area contributed by atoms with Gasteiger partial charge in [-0.15, -0.1) is 0 Å². The molecule has 1 aromatic carbocycles. The van der Waals surface area contributed by atoms with Gasteiger partial charge in [0.25, 0.3) is 0 Å². The lowest BCUT2D eigenvalue weighted by atomic mass is 10.1. The molecule has 5 heteroatoms. The van der Waals surface area contributed by atoms with Crippen molar-refractivity contribution in [3.63, 3.8) is 0 Å². The van der Waals surface area contributed by atoms with Gasteiger partial charge in [0.15, 0.2) is 0 Å². The zero-order valence-corrected chi connectivity index (χ0v) is 13.3. The minimum Gasteiger partial charge on any atom is -0.497 e. The number of ether oxygens (including phenoxy) is 2. The Balaban J connectivity index is 1.80. The van der Waals surface area contributed by atoms with Gasteiger partial charge in [0.05, 0.1) is 20.1 Å². The minimum atomic E-state index is 0.122. The molecule has 5 nitrogen and oxygen atoms in total. The number of nitrogens with zero attached hydrogens (tertiary/aromatic N) is 1. The Morgan fingerprint density at radius 2 is 2.09 bits per heavy atom. The van der Waals surface area contributed by atoms with Gasteiger partial charge in [-0.3, -0.25) is 4.79 Å². The molecule has 1 amide bonds. The Labute approximate surface area is 131 Å². The summed E-state index contributed by atoms with van der Waals surface area (Å²) in [4.78, 5) is 14.8. The second-order valence-electron chi connectivity index (χ2n) is 6.06. The number of methoxy groups -OCH3 is 2. The molecule has 0 radical (unpaired) electrons. The van der Waals surface area contributed by atoms with E-state index in [1.165, 1.54) is 0 Å². The average Bonchev–Trinajstić information content (AvgIpc) is 3.24. The Morgan fingerprint density at radius 1 is 1.27 bits per heavy atom. The number of hydrogen-bond acceptors (Lipinski definition) is 4. The van der Waals surface area contributed by atoms with Gasteiger partial charge in [-0.1, -0.05) is 0 Å². The monoisotopic (exact) mass is 304 g/mol. The first-order valence-corrected chi connectivity index (χ1v) is 7.95. The Bertz CT molecular complexity index is 537. The first-order chi connectivity index (χ1) is 10.7. The normalized spacial score (nSPS) is 20.7. The largest absolute Gasteiger partial charge is 0.497 e. The van der Waals surface area contributed by atoms with Crippen molar-refractivity contribution in [1.82, 2.24) is 10.2 Å². The number of rotatable bonds is 6. The molecule has 22 heavy (non-hydrogen) atoms. The van der Waals surface area contributed by atoms with Crippen LogP contribution in [0.3, 0.4) is 0 Å². The number of nitrogens with one attached hydrogen (secondary N) is 1. The molecule has 1 unspecified atom stereocenters. The second-order valence-corrected chi connectivity index (χ2v) is 6.06. The molecule has 2 fully saturated rings. The Morgan fingerprint density at radius 3 is 2.68 bits per heavy atom. The first-order valence-electron chi connectivity index (χ1n) is 7.95. The van der Waals surface area contributed by atoms with E-state index < -0.39 is 0 Å². The third-order valence-electron chi connectivity index (χ3n) is 4.51. The zero-order chi connectivity index (χ0) is 15.5. The molecule has 1 aliphatic carbocycles. The summed E-state index contributed by atoms with van der Waals surface area (Å²) in [5, 5.41) is 3.28. The van der Waals surface area contributed by atoms with E-state index in [4.69, 9.17) is 9.47 Å². The summed E-state index contributed by atoms with van der Waals surface area (Å²) in [6, 6.07) is 6.14. The highest BCUT2D eigenvalue weighted by atomic mass is 16.5. The Kier molecular flexibility index (Phi) is 4.52. The van der Waals surface area contributed by atoms with E-state index in [-0.39, 0.29) is 11.8 Å². The van der Waals surface area contributed by atoms with Crippen LogP contribution in [0.2, 0.25) is 0 Å². The summed E-state index contributed by atoms with van der Waals surface area (Å²) in [5.41, 5.74) is 1.01. The van der Waals surface area contributed by atoms with Crippen LogP contribution in [0.5, 0.6) is 11.5 Å². The van der Waals surface area contributed by atoms with E-state index in [0.717, 1.165) is 49.4 Å². The number of amides is 1. The summed E-state index contributed by atoms with van der Waals surface area (Å²) in [5.74, 6) is 2.00. The fraction of sp³-hybridized carbons (Fsp3) is 0.588. The maximum Gasteiger partial charge on any atom is 0.227 e. The molecule has 1 N–H and O–H groups in total. The Hall–Kier alpha value is -1.75. The van der Waals surface area contributed by atoms with Crippen LogP contribution in [0.15, 0.2) is 18.2 Å². The van der Waals surface area contributed by atoms with Crippen molar-refractivity contribution in [3.05, 3.63) is 23.8 Å². The van der Waals surface area contributed by atoms with Crippen LogP contribution >= 0.6 is 0 Å². The summed E-state index contributed by atoms with van der Waals surface area (Å²) >= 11 is 0.